The largest absolute Gasteiger partial charge is 0.507 e. The summed E-state index contributed by atoms with van der Waals surface area (Å²) in [4.78, 5) is 15.4. The molecule has 0 fully saturated rings. The topological polar surface area (TPSA) is 86.2 Å². The molecule has 0 saturated carbocycles. The zero-order valence-electron chi connectivity index (χ0n) is 32.0. The van der Waals surface area contributed by atoms with E-state index in [0.29, 0.717) is 34.2 Å². The molecule has 0 atom stereocenters. The quantitative estimate of drug-likeness (QED) is 0.181. The van der Waals surface area contributed by atoms with Crippen molar-refractivity contribution < 1.29 is 14.3 Å². The van der Waals surface area contributed by atoms with E-state index in [2.05, 4.69) is 71.3 Å². The fourth-order valence-electron chi connectivity index (χ4n) is 9.66. The minimum absolute atomic E-state index is 0.140. The van der Waals surface area contributed by atoms with Gasteiger partial charge in [0.1, 0.15) is 22.7 Å². The second-order valence-corrected chi connectivity index (χ2v) is 16.0. The molecule has 0 aliphatic heterocycles. The van der Waals surface area contributed by atoms with Gasteiger partial charge in [0.15, 0.2) is 5.75 Å². The van der Waals surface area contributed by atoms with Crippen LogP contribution in [-0.2, 0) is 25.7 Å². The fraction of sp³-hybridized carbons (Fsp3) is 0.0962. The summed E-state index contributed by atoms with van der Waals surface area (Å²) in [6.45, 7) is 0. The maximum absolute atomic E-state index is 11.1. The average Bonchev–Trinajstić information content (AvgIpc) is 4.03. The average molecular weight is 765 g/mol. The van der Waals surface area contributed by atoms with Gasteiger partial charge >= 0.3 is 0 Å². The number of imidazole rings is 1. The van der Waals surface area contributed by atoms with Crippen LogP contribution in [0.1, 0.15) is 22.4 Å². The number of hydrogen-bond acceptors (Lipinski definition) is 6. The zero-order chi connectivity index (χ0) is 39.1. The van der Waals surface area contributed by atoms with E-state index >= 15 is 0 Å². The third-order valence-corrected chi connectivity index (χ3v) is 12.3. The third-order valence-electron chi connectivity index (χ3n) is 12.3. The van der Waals surface area contributed by atoms with Crippen molar-refractivity contribution in [2.24, 2.45) is 5.41 Å². The van der Waals surface area contributed by atoms with E-state index in [1.807, 2.05) is 91.0 Å². The number of aromatic nitrogens is 4. The number of para-hydroxylation sites is 4. The van der Waals surface area contributed by atoms with Gasteiger partial charge in [-0.05, 0) is 102 Å². The first-order valence-corrected chi connectivity index (χ1v) is 20.1. The Kier molecular flexibility index (Phi) is 7.41. The first kappa shape index (κ1) is 33.6. The number of pyridine rings is 2. The molecule has 4 heterocycles. The molecule has 0 saturated heterocycles. The number of fused-ring (bicyclic) bond motifs is 6. The molecule has 0 bridgehead atoms. The van der Waals surface area contributed by atoms with Crippen LogP contribution in [0.15, 0.2) is 168 Å². The van der Waals surface area contributed by atoms with E-state index in [1.54, 1.807) is 6.07 Å². The normalized spacial score (nSPS) is 14.0. The van der Waals surface area contributed by atoms with Crippen molar-refractivity contribution in [1.29, 1.82) is 0 Å². The molecule has 2 aliphatic carbocycles. The number of phenolic OH excluding ortho intramolecular Hbond substituents is 1. The molecule has 1 spiro atoms. The summed E-state index contributed by atoms with van der Waals surface area (Å²) in [5.41, 5.74) is 13.8. The highest BCUT2D eigenvalue weighted by Gasteiger charge is 2.43. The molecule has 7 nitrogen and oxygen atoms in total. The Morgan fingerprint density at radius 2 is 1.29 bits per heavy atom. The summed E-state index contributed by atoms with van der Waals surface area (Å²) in [5, 5.41) is 13.2. The molecule has 59 heavy (non-hydrogen) atoms. The Balaban J connectivity index is 0.922. The van der Waals surface area contributed by atoms with Gasteiger partial charge in [0.2, 0.25) is 11.6 Å². The van der Waals surface area contributed by atoms with Crippen LogP contribution in [0.2, 0.25) is 0 Å². The summed E-state index contributed by atoms with van der Waals surface area (Å²) in [6, 6.07) is 54.9. The molecule has 7 heteroatoms. The number of nitrogens with zero attached hydrogens (tertiary/aromatic N) is 4. The minimum Gasteiger partial charge on any atom is -0.507 e. The highest BCUT2D eigenvalue weighted by molar-refractivity contribution is 6.08. The van der Waals surface area contributed by atoms with Crippen molar-refractivity contribution in [3.8, 4) is 56.8 Å². The van der Waals surface area contributed by atoms with Crippen LogP contribution < -0.4 is 4.74 Å². The Morgan fingerprint density at radius 1 is 0.576 bits per heavy atom. The van der Waals surface area contributed by atoms with Gasteiger partial charge in [-0.25, -0.2) is 15.0 Å². The number of phenols is 1. The highest BCUT2D eigenvalue weighted by atomic mass is 16.5. The first-order valence-electron chi connectivity index (χ1n) is 20.1. The molecule has 1 N–H and O–H groups in total. The number of furan rings is 1. The molecule has 0 radical (unpaired) electrons. The van der Waals surface area contributed by atoms with Crippen molar-refractivity contribution in [2.75, 3.05) is 0 Å². The van der Waals surface area contributed by atoms with Crippen LogP contribution in [0.3, 0.4) is 0 Å². The van der Waals surface area contributed by atoms with Crippen LogP contribution in [-0.4, -0.2) is 24.6 Å². The number of benzene rings is 6. The first-order chi connectivity index (χ1) is 29.1. The lowest BCUT2D eigenvalue weighted by Gasteiger charge is -2.21. The van der Waals surface area contributed by atoms with E-state index in [1.165, 1.54) is 16.7 Å². The molecule has 0 unspecified atom stereocenters. The molecule has 6 aromatic carbocycles. The Morgan fingerprint density at radius 3 is 2.14 bits per heavy atom. The van der Waals surface area contributed by atoms with Crippen LogP contribution in [0.4, 0.5) is 0 Å². The van der Waals surface area contributed by atoms with Gasteiger partial charge < -0.3 is 14.3 Å². The number of aromatic hydroxyl groups is 1. The standard InChI is InChI=1S/C52H36N4O3/c57-45-24-9-7-18-39(45)50-55-48-44(56(50)43-22-8-6-17-36(43)32-13-2-1-3-14-32)23-12-25-46(48)58-47-26-11-21-41(53-47)38-20-10-19-37-40-27-35-30-52(28-33-15-4-5-16-34(33)29-52)31-42(35)54-51(40)59-49(37)38/h1-27,57H,28-31H2. The van der Waals surface area contributed by atoms with Crippen LogP contribution in [0.25, 0.3) is 72.6 Å². The minimum atomic E-state index is 0.140. The van der Waals surface area contributed by atoms with Gasteiger partial charge in [0.25, 0.3) is 0 Å². The van der Waals surface area contributed by atoms with Gasteiger partial charge in [-0.2, -0.15) is 0 Å². The summed E-state index contributed by atoms with van der Waals surface area (Å²) >= 11 is 0. The lowest BCUT2D eigenvalue weighted by atomic mass is 9.82. The smallest absolute Gasteiger partial charge is 0.227 e. The predicted molar refractivity (Wildman–Crippen MR) is 232 cm³/mol. The summed E-state index contributed by atoms with van der Waals surface area (Å²) in [5.74, 6) is 1.70. The van der Waals surface area contributed by atoms with Gasteiger partial charge in [0, 0.05) is 33.7 Å². The monoisotopic (exact) mass is 764 g/mol. The highest BCUT2D eigenvalue weighted by Crippen LogP contribution is 2.48. The Labute approximate surface area is 339 Å². The van der Waals surface area contributed by atoms with Crippen molar-refractivity contribution in [2.45, 2.75) is 25.7 Å². The SMILES string of the molecule is Oc1ccccc1-c1nc2c(Oc3cccc(-c4cccc5c4oc4nc6c(cc45)CC4(Cc5ccccc5C4)C6)n3)cccc2n1-c1ccccc1-c1ccccc1. The number of hydrogen-bond donors (Lipinski definition) is 1. The second kappa shape index (κ2) is 13.0. The molecular weight excluding hydrogens is 729 g/mol. The third kappa shape index (κ3) is 5.46. The van der Waals surface area contributed by atoms with Crippen molar-refractivity contribution >= 4 is 33.1 Å². The van der Waals surface area contributed by atoms with Crippen molar-refractivity contribution in [3.63, 3.8) is 0 Å². The summed E-state index contributed by atoms with van der Waals surface area (Å²) in [7, 11) is 0. The van der Waals surface area contributed by atoms with Crippen molar-refractivity contribution in [1.82, 2.24) is 19.5 Å². The summed E-state index contributed by atoms with van der Waals surface area (Å²) < 4.78 is 15.4. The van der Waals surface area contributed by atoms with Crippen LogP contribution >= 0.6 is 0 Å². The van der Waals surface area contributed by atoms with Gasteiger partial charge in [0.05, 0.1) is 22.5 Å². The van der Waals surface area contributed by atoms with Gasteiger partial charge in [-0.15, -0.1) is 0 Å². The second-order valence-electron chi connectivity index (χ2n) is 16.0. The predicted octanol–water partition coefficient (Wildman–Crippen LogP) is 12.1. The van der Waals surface area contributed by atoms with E-state index in [0.717, 1.165) is 81.3 Å². The van der Waals surface area contributed by atoms with E-state index in [-0.39, 0.29) is 11.2 Å². The zero-order valence-corrected chi connectivity index (χ0v) is 32.0. The Hall–Kier alpha value is -7.51. The van der Waals surface area contributed by atoms with Gasteiger partial charge in [-0.3, -0.25) is 4.57 Å². The molecule has 12 rings (SSSR count). The maximum Gasteiger partial charge on any atom is 0.227 e. The maximum atomic E-state index is 11.1. The van der Waals surface area contributed by atoms with Crippen molar-refractivity contribution in [3.05, 3.63) is 186 Å². The lowest BCUT2D eigenvalue weighted by molar-refractivity contribution is 0.325. The molecular formula is C52H36N4O3. The molecule has 4 aromatic heterocycles. The molecule has 2 aliphatic rings. The fourth-order valence-corrected chi connectivity index (χ4v) is 9.66. The van der Waals surface area contributed by atoms with E-state index in [9.17, 15) is 5.11 Å². The molecule has 282 valence electrons. The molecule has 10 aromatic rings. The van der Waals surface area contributed by atoms with E-state index < -0.39 is 0 Å². The molecule has 0 amide bonds. The van der Waals surface area contributed by atoms with Crippen LogP contribution in [0, 0.1) is 5.41 Å². The number of rotatable bonds is 6. The van der Waals surface area contributed by atoms with Gasteiger partial charge in [-0.1, -0.05) is 109 Å². The van der Waals surface area contributed by atoms with E-state index in [4.69, 9.17) is 24.1 Å². The number of ether oxygens (including phenoxy) is 1. The lowest BCUT2D eigenvalue weighted by Crippen LogP contribution is -2.21. The Bertz CT molecular complexity index is 3270. The van der Waals surface area contributed by atoms with Crippen LogP contribution in [0.5, 0.6) is 17.4 Å². The summed E-state index contributed by atoms with van der Waals surface area (Å²) in [6.07, 6.45) is 4.21.